The Kier molecular flexibility index (Phi) is 11.9. The highest BCUT2D eigenvalue weighted by atomic mass is 32.2. The second kappa shape index (κ2) is 17.4. The predicted octanol–water partition coefficient (Wildman–Crippen LogP) is 8.77. The summed E-state index contributed by atoms with van der Waals surface area (Å²) in [6.45, 7) is 4.00. The van der Waals surface area contributed by atoms with Crippen LogP contribution in [0.4, 0.5) is 0 Å². The van der Waals surface area contributed by atoms with E-state index in [9.17, 15) is 9.59 Å². The largest absolute Gasteiger partial charge is 0.366 e. The number of rotatable bonds is 11. The molecule has 17 nitrogen and oxygen atoms in total. The highest BCUT2D eigenvalue weighted by Crippen LogP contribution is 2.49. The van der Waals surface area contributed by atoms with Gasteiger partial charge in [-0.3, -0.25) is 9.59 Å². The number of hydrogen-bond donors (Lipinski definition) is 5. The minimum absolute atomic E-state index is 0.356. The van der Waals surface area contributed by atoms with Gasteiger partial charge in [-0.2, -0.15) is 5.90 Å². The lowest BCUT2D eigenvalue weighted by atomic mass is 10.0. The van der Waals surface area contributed by atoms with E-state index in [1.54, 1.807) is 54.6 Å². The summed E-state index contributed by atoms with van der Waals surface area (Å²) in [5.74, 6) is 3.93. The maximum absolute atomic E-state index is 11.9. The van der Waals surface area contributed by atoms with Gasteiger partial charge in [0, 0.05) is 58.8 Å². The molecule has 10 rings (SSSR count). The fraction of sp³-hybridized carbons (Fsp3) is 0.0500. The minimum atomic E-state index is -0.547. The van der Waals surface area contributed by atoms with Crippen LogP contribution in [0.15, 0.2) is 106 Å². The van der Waals surface area contributed by atoms with Gasteiger partial charge in [-0.15, -0.1) is 18.0 Å². The Balaban J connectivity index is 0.000000161. The van der Waals surface area contributed by atoms with Crippen molar-refractivity contribution in [3.63, 3.8) is 0 Å². The highest BCUT2D eigenvalue weighted by Gasteiger charge is 2.28. The van der Waals surface area contributed by atoms with E-state index in [0.29, 0.717) is 59.3 Å². The molecule has 2 heterocycles. The lowest BCUT2D eigenvalue weighted by molar-refractivity contribution is -0.432. The smallest absolute Gasteiger partial charge is 0.248 e. The van der Waals surface area contributed by atoms with E-state index in [-0.39, 0.29) is 0 Å². The van der Waals surface area contributed by atoms with Crippen molar-refractivity contribution < 1.29 is 48.2 Å². The Morgan fingerprint density at radius 3 is 1.50 bits per heavy atom. The molecule has 302 valence electrons. The second-order valence-corrected chi connectivity index (χ2v) is 14.9. The monoisotopic (exact) mass is 863 g/mol. The molecule has 2 aliphatic rings. The first-order valence-corrected chi connectivity index (χ1v) is 19.9. The second-order valence-electron chi connectivity index (χ2n) is 12.6. The molecule has 8 aromatic rings. The number of nitrogens with two attached hydrogens (primary N) is 3. The molecule has 0 aliphatic heterocycles. The Hall–Kier alpha value is -5.85. The number of carbonyl (C=O) groups excluding carboxylic acids is 2. The third-order valence-corrected chi connectivity index (χ3v) is 11.1. The zero-order valence-corrected chi connectivity index (χ0v) is 33.5. The van der Waals surface area contributed by atoms with Gasteiger partial charge in [-0.25, -0.2) is 30.5 Å². The van der Waals surface area contributed by atoms with Gasteiger partial charge in [0.2, 0.25) is 11.8 Å². The summed E-state index contributed by atoms with van der Waals surface area (Å²) in [6.07, 6.45) is 0. The first-order chi connectivity index (χ1) is 29.2. The molecule has 6 aromatic carbocycles. The molecule has 0 radical (unpaired) electrons. The number of nitrogens with zero attached hydrogens (tertiary/aromatic N) is 4. The number of hydrogen-bond acceptors (Lipinski definition) is 18. The molecule has 2 aliphatic carbocycles. The molecule has 0 saturated carbocycles. The third-order valence-electron chi connectivity index (χ3n) is 9.35. The van der Waals surface area contributed by atoms with Crippen molar-refractivity contribution in [2.24, 2.45) is 17.4 Å². The molecule has 0 unspecified atom stereocenters. The van der Waals surface area contributed by atoms with E-state index >= 15 is 0 Å². The molecule has 60 heavy (non-hydrogen) atoms. The van der Waals surface area contributed by atoms with Crippen molar-refractivity contribution in [1.82, 2.24) is 19.9 Å². The average Bonchev–Trinajstić information content (AvgIpc) is 3.75. The Bertz CT molecular complexity index is 3030. The van der Waals surface area contributed by atoms with Crippen LogP contribution in [-0.4, -0.2) is 42.3 Å². The van der Waals surface area contributed by atoms with E-state index < -0.39 is 11.8 Å². The van der Waals surface area contributed by atoms with Crippen molar-refractivity contribution in [1.29, 1.82) is 0 Å². The highest BCUT2D eigenvalue weighted by molar-refractivity contribution is 7.95. The summed E-state index contributed by atoms with van der Waals surface area (Å²) in [5, 5.41) is 27.6. The van der Waals surface area contributed by atoms with Crippen molar-refractivity contribution >= 4 is 91.6 Å². The zero-order chi connectivity index (χ0) is 42.1. The van der Waals surface area contributed by atoms with Crippen molar-refractivity contribution in [2.75, 3.05) is 0 Å². The molecule has 0 fully saturated rings. The van der Waals surface area contributed by atoms with E-state index in [1.807, 2.05) is 50.2 Å². The van der Waals surface area contributed by atoms with Crippen LogP contribution >= 0.6 is 36.1 Å². The molecule has 8 N–H and O–H groups in total. The maximum Gasteiger partial charge on any atom is 0.248 e. The van der Waals surface area contributed by atoms with E-state index in [0.717, 1.165) is 91.3 Å². The molecule has 0 bridgehead atoms. The standard InChI is InChI=1S/C19H12N4O6S2.C19H11N3O4S.C2H6/c20-19(24)9-3-8-4-11(31-28-26-21)6-13-16(8)12(5-9)17-18(13)23-15-7-10(30-29-27-25)1-2-14(15)22-17;20-19(23)10-6-9-2-1-3-12-16(9)13(7-10)18-17(12)22-15-8-11(27-26-25-24)4-5-14(15)21-18;1-2/h1-7,25H,21H2,(H2,20,24);1-8,24H,(H2,20,23);1-2H3. The predicted molar refractivity (Wildman–Crippen MR) is 225 cm³/mol. The lowest BCUT2D eigenvalue weighted by Gasteiger charge is -2.07. The van der Waals surface area contributed by atoms with Crippen molar-refractivity contribution in [2.45, 2.75) is 28.5 Å². The number of amides is 2. The van der Waals surface area contributed by atoms with Crippen LogP contribution in [0.2, 0.25) is 0 Å². The molecule has 2 aromatic heterocycles. The minimum Gasteiger partial charge on any atom is -0.366 e. The third kappa shape index (κ3) is 7.58. The van der Waals surface area contributed by atoms with E-state index in [2.05, 4.69) is 23.7 Å². The number of fused-ring (bicyclic) bond motifs is 8. The van der Waals surface area contributed by atoms with Crippen LogP contribution < -0.4 is 17.4 Å². The van der Waals surface area contributed by atoms with Gasteiger partial charge in [0.05, 0.1) is 81.0 Å². The van der Waals surface area contributed by atoms with E-state index in [1.165, 1.54) is 0 Å². The molecule has 2 amide bonds. The zero-order valence-electron chi connectivity index (χ0n) is 31.1. The van der Waals surface area contributed by atoms with Gasteiger partial charge in [-0.05, 0) is 83.6 Å². The fourth-order valence-corrected chi connectivity index (χ4v) is 8.34. The first kappa shape index (κ1) is 40.9. The lowest BCUT2D eigenvalue weighted by Crippen LogP contribution is -2.10. The molecule has 20 heteroatoms. The topological polar surface area (TPSA) is 260 Å². The number of aromatic nitrogens is 4. The summed E-state index contributed by atoms with van der Waals surface area (Å²) in [5.41, 5.74) is 20.7. The van der Waals surface area contributed by atoms with Gasteiger partial charge in [0.1, 0.15) is 0 Å². The van der Waals surface area contributed by atoms with Crippen molar-refractivity contribution in [3.8, 4) is 45.0 Å². The number of carbonyl (C=O) groups is 2. The maximum atomic E-state index is 11.9. The quantitative estimate of drug-likeness (QED) is 0.0462. The summed E-state index contributed by atoms with van der Waals surface area (Å²) < 4.78 is 13.8. The molecular formula is C40H29N7O10S3. The van der Waals surface area contributed by atoms with Crippen LogP contribution in [-0.2, 0) is 28.1 Å². The number of benzene rings is 6. The molecule has 0 saturated heterocycles. The Morgan fingerprint density at radius 2 is 0.983 bits per heavy atom. The molecular weight excluding hydrogens is 835 g/mol. The summed E-state index contributed by atoms with van der Waals surface area (Å²) in [4.78, 5) is 49.0. The van der Waals surface area contributed by atoms with Crippen LogP contribution in [0.3, 0.4) is 0 Å². The Morgan fingerprint density at radius 1 is 0.517 bits per heavy atom. The Labute approximate surface area is 351 Å². The van der Waals surface area contributed by atoms with Gasteiger partial charge in [0.15, 0.2) is 0 Å². The normalized spacial score (nSPS) is 11.6. The summed E-state index contributed by atoms with van der Waals surface area (Å²) in [7, 11) is 0. The first-order valence-electron chi connectivity index (χ1n) is 17.7. The fourth-order valence-electron chi connectivity index (χ4n) is 7.10. The van der Waals surface area contributed by atoms with Crippen LogP contribution in [0.1, 0.15) is 34.6 Å². The average molecular weight is 864 g/mol. The summed E-state index contributed by atoms with van der Waals surface area (Å²) >= 11 is 2.62. The van der Waals surface area contributed by atoms with Gasteiger partial charge in [0.25, 0.3) is 0 Å². The number of primary amides is 2. The SMILES string of the molecule is CC.NC(=O)c1cc2c3c(cccc3c1)-c1nc3cc(SOOO)ccc3nc1-2.NOOSc1cc2c3c(cc(C(N)=O)cc3c1)-c1nc3ccc(SOOO)cc3nc1-2. The van der Waals surface area contributed by atoms with Gasteiger partial charge < -0.3 is 11.5 Å². The van der Waals surface area contributed by atoms with Crippen LogP contribution in [0, 0.1) is 0 Å². The van der Waals surface area contributed by atoms with Crippen LogP contribution in [0.5, 0.6) is 0 Å². The van der Waals surface area contributed by atoms with Gasteiger partial charge >= 0.3 is 0 Å². The van der Waals surface area contributed by atoms with Crippen molar-refractivity contribution in [3.05, 3.63) is 102 Å². The van der Waals surface area contributed by atoms with Gasteiger partial charge in [-0.1, -0.05) is 42.1 Å². The van der Waals surface area contributed by atoms with E-state index in [4.69, 9.17) is 52.1 Å². The van der Waals surface area contributed by atoms with Crippen LogP contribution in [0.25, 0.3) is 88.6 Å². The molecule has 0 atom stereocenters. The summed E-state index contributed by atoms with van der Waals surface area (Å²) in [6, 6.07) is 27.3. The molecule has 0 spiro atoms.